The van der Waals surface area contributed by atoms with Crippen molar-refractivity contribution >= 4 is 34.0 Å². The standard InChI is InChI=1S/C21H17NO2S2/c1-23-15-10-13-18(11-16(15)24-2)26-21-20(19(13)17-8-5-9-25-17)12-6-3-4-7-14(12)22-21/h3-11,19,22H,1-2H3. The van der Waals surface area contributed by atoms with Crippen LogP contribution in [-0.4, -0.2) is 19.2 Å². The second-order valence-electron chi connectivity index (χ2n) is 6.21. The molecule has 1 aliphatic rings. The number of rotatable bonds is 3. The van der Waals surface area contributed by atoms with Gasteiger partial charge in [-0.05, 0) is 35.2 Å². The molecule has 1 aliphatic heterocycles. The van der Waals surface area contributed by atoms with Crippen LogP contribution in [0, 0.1) is 0 Å². The number of hydrogen-bond acceptors (Lipinski definition) is 4. The second kappa shape index (κ2) is 6.11. The summed E-state index contributed by atoms with van der Waals surface area (Å²) in [6.45, 7) is 0. The van der Waals surface area contributed by atoms with Crippen LogP contribution in [0.4, 0.5) is 0 Å². The Morgan fingerprint density at radius 1 is 0.962 bits per heavy atom. The van der Waals surface area contributed by atoms with E-state index < -0.39 is 0 Å². The molecule has 3 heterocycles. The van der Waals surface area contributed by atoms with Crippen molar-refractivity contribution in [2.45, 2.75) is 15.8 Å². The van der Waals surface area contributed by atoms with Gasteiger partial charge < -0.3 is 14.5 Å². The second-order valence-corrected chi connectivity index (χ2v) is 8.24. The molecule has 0 aliphatic carbocycles. The summed E-state index contributed by atoms with van der Waals surface area (Å²) >= 11 is 3.57. The smallest absolute Gasteiger partial charge is 0.161 e. The van der Waals surface area contributed by atoms with E-state index in [9.17, 15) is 0 Å². The van der Waals surface area contributed by atoms with E-state index >= 15 is 0 Å². The van der Waals surface area contributed by atoms with Gasteiger partial charge in [-0.3, -0.25) is 0 Å². The van der Waals surface area contributed by atoms with E-state index in [-0.39, 0.29) is 5.92 Å². The predicted molar refractivity (Wildman–Crippen MR) is 107 cm³/mol. The fourth-order valence-corrected chi connectivity index (χ4v) is 5.74. The Hall–Kier alpha value is -2.37. The largest absolute Gasteiger partial charge is 0.493 e. The van der Waals surface area contributed by atoms with Gasteiger partial charge in [0.25, 0.3) is 0 Å². The van der Waals surface area contributed by atoms with E-state index in [4.69, 9.17) is 9.47 Å². The number of thiophene rings is 1. The molecule has 2 aromatic carbocycles. The zero-order valence-electron chi connectivity index (χ0n) is 14.4. The molecule has 26 heavy (non-hydrogen) atoms. The molecule has 0 saturated carbocycles. The topological polar surface area (TPSA) is 34.2 Å². The molecule has 3 nitrogen and oxygen atoms in total. The first kappa shape index (κ1) is 15.9. The van der Waals surface area contributed by atoms with Crippen molar-refractivity contribution in [2.24, 2.45) is 0 Å². The molecular weight excluding hydrogens is 362 g/mol. The molecule has 1 atom stereocenters. The van der Waals surface area contributed by atoms with Crippen molar-refractivity contribution in [3.05, 3.63) is 69.9 Å². The lowest BCUT2D eigenvalue weighted by molar-refractivity contribution is 0.353. The number of benzene rings is 2. The normalized spacial score (nSPS) is 15.5. The summed E-state index contributed by atoms with van der Waals surface area (Å²) in [6, 6.07) is 17.1. The predicted octanol–water partition coefficient (Wildman–Crippen LogP) is 5.89. The minimum atomic E-state index is 0.192. The number of methoxy groups -OCH3 is 2. The van der Waals surface area contributed by atoms with Crippen molar-refractivity contribution in [3.63, 3.8) is 0 Å². The maximum absolute atomic E-state index is 5.59. The first-order valence-electron chi connectivity index (χ1n) is 8.38. The van der Waals surface area contributed by atoms with Gasteiger partial charge in [-0.15, -0.1) is 11.3 Å². The first-order valence-corrected chi connectivity index (χ1v) is 10.1. The van der Waals surface area contributed by atoms with Crippen molar-refractivity contribution in [2.75, 3.05) is 14.2 Å². The van der Waals surface area contributed by atoms with E-state index in [1.165, 1.54) is 36.8 Å². The number of fused-ring (bicyclic) bond motifs is 4. The average molecular weight is 380 g/mol. The van der Waals surface area contributed by atoms with Gasteiger partial charge in [-0.2, -0.15) is 0 Å². The van der Waals surface area contributed by atoms with Gasteiger partial charge in [0.05, 0.1) is 19.2 Å². The SMILES string of the molecule is COc1cc2c(cc1OC)C(c1cccs1)c1c([nH]c3ccccc13)S2. The van der Waals surface area contributed by atoms with Gasteiger partial charge in [-0.25, -0.2) is 0 Å². The summed E-state index contributed by atoms with van der Waals surface area (Å²) in [7, 11) is 3.38. The Morgan fingerprint density at radius 3 is 2.54 bits per heavy atom. The van der Waals surface area contributed by atoms with Gasteiger partial charge in [0.1, 0.15) is 0 Å². The highest BCUT2D eigenvalue weighted by Gasteiger charge is 2.33. The fourth-order valence-electron chi connectivity index (χ4n) is 3.71. The lowest BCUT2D eigenvalue weighted by Gasteiger charge is -2.26. The van der Waals surface area contributed by atoms with Gasteiger partial charge in [0, 0.05) is 32.2 Å². The molecule has 0 radical (unpaired) electrons. The monoisotopic (exact) mass is 379 g/mol. The molecule has 0 bridgehead atoms. The molecule has 130 valence electrons. The Bertz CT molecular complexity index is 1100. The average Bonchev–Trinajstić information content (AvgIpc) is 3.32. The highest BCUT2D eigenvalue weighted by Crippen LogP contribution is 2.53. The molecule has 0 amide bonds. The molecule has 2 aromatic heterocycles. The zero-order chi connectivity index (χ0) is 17.7. The highest BCUT2D eigenvalue weighted by atomic mass is 32.2. The van der Waals surface area contributed by atoms with Crippen molar-refractivity contribution in [1.82, 2.24) is 4.98 Å². The van der Waals surface area contributed by atoms with Crippen LogP contribution in [0.15, 0.2) is 63.8 Å². The fraction of sp³-hybridized carbons (Fsp3) is 0.143. The van der Waals surface area contributed by atoms with Gasteiger partial charge in [0.15, 0.2) is 11.5 Å². The number of para-hydroxylation sites is 1. The maximum Gasteiger partial charge on any atom is 0.161 e. The molecular formula is C21H17NO2S2. The number of nitrogens with one attached hydrogen (secondary N) is 1. The minimum absolute atomic E-state index is 0.192. The Labute approximate surface area is 160 Å². The van der Waals surface area contributed by atoms with Crippen molar-refractivity contribution < 1.29 is 9.47 Å². The van der Waals surface area contributed by atoms with E-state index in [0.717, 1.165) is 11.5 Å². The minimum Gasteiger partial charge on any atom is -0.493 e. The zero-order valence-corrected chi connectivity index (χ0v) is 16.0. The van der Waals surface area contributed by atoms with E-state index in [1.54, 1.807) is 37.3 Å². The third kappa shape index (κ3) is 2.27. The Balaban J connectivity index is 1.82. The Kier molecular flexibility index (Phi) is 3.72. The van der Waals surface area contributed by atoms with Crippen LogP contribution in [0.25, 0.3) is 10.9 Å². The number of aromatic nitrogens is 1. The number of aromatic amines is 1. The van der Waals surface area contributed by atoms with Crippen LogP contribution in [0.2, 0.25) is 0 Å². The lowest BCUT2D eigenvalue weighted by atomic mass is 9.89. The summed E-state index contributed by atoms with van der Waals surface area (Å²) in [5.41, 5.74) is 3.80. The van der Waals surface area contributed by atoms with Crippen molar-refractivity contribution in [3.8, 4) is 11.5 Å². The summed E-state index contributed by atoms with van der Waals surface area (Å²) in [5, 5.41) is 4.64. The molecule has 4 aromatic rings. The Morgan fingerprint density at radius 2 is 1.77 bits per heavy atom. The van der Waals surface area contributed by atoms with Crippen LogP contribution >= 0.6 is 23.1 Å². The lowest BCUT2D eigenvalue weighted by Crippen LogP contribution is -2.09. The summed E-state index contributed by atoms with van der Waals surface area (Å²) < 4.78 is 11.1. The van der Waals surface area contributed by atoms with Crippen LogP contribution in [0.5, 0.6) is 11.5 Å². The molecule has 5 rings (SSSR count). The maximum atomic E-state index is 5.59. The first-order chi connectivity index (χ1) is 12.8. The highest BCUT2D eigenvalue weighted by molar-refractivity contribution is 7.99. The van der Waals surface area contributed by atoms with Gasteiger partial charge in [-0.1, -0.05) is 36.0 Å². The summed E-state index contributed by atoms with van der Waals surface area (Å²) in [6.07, 6.45) is 0. The summed E-state index contributed by atoms with van der Waals surface area (Å²) in [5.74, 6) is 1.73. The van der Waals surface area contributed by atoms with E-state index in [2.05, 4.69) is 58.9 Å². The van der Waals surface area contributed by atoms with Gasteiger partial charge in [0.2, 0.25) is 0 Å². The van der Waals surface area contributed by atoms with Gasteiger partial charge >= 0.3 is 0 Å². The van der Waals surface area contributed by atoms with Crippen molar-refractivity contribution in [1.29, 1.82) is 0 Å². The van der Waals surface area contributed by atoms with Crippen LogP contribution < -0.4 is 9.47 Å². The third-order valence-electron chi connectivity index (χ3n) is 4.87. The van der Waals surface area contributed by atoms with Crippen LogP contribution in [0.3, 0.4) is 0 Å². The van der Waals surface area contributed by atoms with E-state index in [1.807, 2.05) is 0 Å². The van der Waals surface area contributed by atoms with E-state index in [0.29, 0.717) is 0 Å². The third-order valence-corrected chi connectivity index (χ3v) is 6.90. The molecule has 5 heteroatoms. The molecule has 0 saturated heterocycles. The van der Waals surface area contributed by atoms with Crippen LogP contribution in [-0.2, 0) is 0 Å². The van der Waals surface area contributed by atoms with Crippen LogP contribution in [0.1, 0.15) is 21.9 Å². The summed E-state index contributed by atoms with van der Waals surface area (Å²) in [4.78, 5) is 6.16. The molecule has 0 spiro atoms. The molecule has 1 N–H and O–H groups in total. The number of H-pyrrole nitrogens is 1. The quantitative estimate of drug-likeness (QED) is 0.424. The molecule has 0 fully saturated rings. The molecule has 1 unspecified atom stereocenters. The number of hydrogen-bond donors (Lipinski definition) is 1. The number of ether oxygens (including phenoxy) is 2.